The predicted octanol–water partition coefficient (Wildman–Crippen LogP) is 5.56. The Morgan fingerprint density at radius 3 is 2.44 bits per heavy atom. The monoisotopic (exact) mass is 334 g/mol. The molecular weight excluding hydrogens is 308 g/mol. The summed E-state index contributed by atoms with van der Waals surface area (Å²) in [6.07, 6.45) is 3.48. The van der Waals surface area contributed by atoms with Crippen LogP contribution >= 0.6 is 0 Å². The number of amides is 1. The molecule has 0 saturated heterocycles. The predicted molar refractivity (Wildman–Crippen MR) is 105 cm³/mol. The minimum atomic E-state index is -0.0446. The molecule has 0 atom stereocenters. The summed E-state index contributed by atoms with van der Waals surface area (Å²) < 4.78 is 2.09. The maximum Gasteiger partial charge on any atom is 0.272 e. The van der Waals surface area contributed by atoms with Gasteiger partial charge in [-0.15, -0.1) is 0 Å². The summed E-state index contributed by atoms with van der Waals surface area (Å²) in [6.45, 7) is 7.07. The molecule has 2 aromatic carbocycles. The second-order valence-corrected chi connectivity index (χ2v) is 6.49. The van der Waals surface area contributed by atoms with E-state index in [-0.39, 0.29) is 5.91 Å². The highest BCUT2D eigenvalue weighted by Gasteiger charge is 2.19. The van der Waals surface area contributed by atoms with Crippen LogP contribution in [0.4, 0.5) is 5.69 Å². The molecule has 3 nitrogen and oxygen atoms in total. The molecule has 0 aliphatic carbocycles. The number of unbranched alkanes of at least 4 members (excludes halogenated alkanes) is 1. The van der Waals surface area contributed by atoms with Gasteiger partial charge in [-0.05, 0) is 56.0 Å². The summed E-state index contributed by atoms with van der Waals surface area (Å²) >= 11 is 0. The molecule has 0 aliphatic rings. The zero-order valence-corrected chi connectivity index (χ0v) is 15.3. The van der Waals surface area contributed by atoms with Crippen LogP contribution in [0.1, 0.15) is 48.3 Å². The molecule has 3 aromatic rings. The first-order valence-electron chi connectivity index (χ1n) is 9.13. The number of benzene rings is 2. The summed E-state index contributed by atoms with van der Waals surface area (Å²) in [5.74, 6) is -0.0446. The normalized spacial score (nSPS) is 11.0. The molecule has 3 heteroatoms. The summed E-state index contributed by atoms with van der Waals surface area (Å²) in [6, 6.07) is 16.4. The van der Waals surface area contributed by atoms with Crippen LogP contribution in [-0.4, -0.2) is 10.5 Å². The molecule has 0 radical (unpaired) electrons. The number of para-hydroxylation sites is 1. The van der Waals surface area contributed by atoms with Crippen molar-refractivity contribution in [1.82, 2.24) is 4.57 Å². The molecule has 0 bridgehead atoms. The fourth-order valence-electron chi connectivity index (χ4n) is 3.42. The molecule has 0 saturated carbocycles. The van der Waals surface area contributed by atoms with Crippen LogP contribution in [0, 0.1) is 6.92 Å². The van der Waals surface area contributed by atoms with E-state index in [9.17, 15) is 4.79 Å². The molecule has 25 heavy (non-hydrogen) atoms. The van der Waals surface area contributed by atoms with E-state index >= 15 is 0 Å². The van der Waals surface area contributed by atoms with E-state index in [0.717, 1.165) is 40.8 Å². The third-order valence-electron chi connectivity index (χ3n) is 4.79. The summed E-state index contributed by atoms with van der Waals surface area (Å²) in [7, 11) is 0. The van der Waals surface area contributed by atoms with Crippen LogP contribution in [0.3, 0.4) is 0 Å². The average Bonchev–Trinajstić information content (AvgIpc) is 2.93. The van der Waals surface area contributed by atoms with Gasteiger partial charge < -0.3 is 9.88 Å². The lowest BCUT2D eigenvalue weighted by molar-refractivity contribution is 0.101. The molecule has 130 valence electrons. The van der Waals surface area contributed by atoms with Crippen molar-refractivity contribution in [3.63, 3.8) is 0 Å². The third-order valence-corrected chi connectivity index (χ3v) is 4.79. The van der Waals surface area contributed by atoms with E-state index in [0.29, 0.717) is 0 Å². The van der Waals surface area contributed by atoms with E-state index in [4.69, 9.17) is 0 Å². The lowest BCUT2D eigenvalue weighted by Gasteiger charge is -2.10. The van der Waals surface area contributed by atoms with Gasteiger partial charge in [0, 0.05) is 23.1 Å². The molecular formula is C22H26N2O. The Balaban J connectivity index is 1.86. The topological polar surface area (TPSA) is 34.0 Å². The van der Waals surface area contributed by atoms with E-state index in [2.05, 4.69) is 48.0 Å². The Morgan fingerprint density at radius 2 is 1.76 bits per heavy atom. The van der Waals surface area contributed by atoms with Crippen LogP contribution in [0.2, 0.25) is 0 Å². The van der Waals surface area contributed by atoms with Crippen LogP contribution in [0.15, 0.2) is 48.5 Å². The van der Waals surface area contributed by atoms with Gasteiger partial charge in [-0.2, -0.15) is 0 Å². The van der Waals surface area contributed by atoms with Crippen LogP contribution in [-0.2, 0) is 13.0 Å². The second kappa shape index (κ2) is 7.56. The zero-order valence-electron chi connectivity index (χ0n) is 15.3. The summed E-state index contributed by atoms with van der Waals surface area (Å²) in [5.41, 5.74) is 5.06. The van der Waals surface area contributed by atoms with Crippen molar-refractivity contribution in [3.05, 3.63) is 65.4 Å². The number of anilines is 1. The highest BCUT2D eigenvalue weighted by atomic mass is 16.2. The third kappa shape index (κ3) is 3.46. The van der Waals surface area contributed by atoms with Gasteiger partial charge in [-0.25, -0.2) is 0 Å². The second-order valence-electron chi connectivity index (χ2n) is 6.49. The van der Waals surface area contributed by atoms with Gasteiger partial charge in [0.1, 0.15) is 5.69 Å². The first-order valence-corrected chi connectivity index (χ1v) is 9.13. The standard InChI is InChI=1S/C22H26N2O/c1-4-6-9-17-12-14-18(15-13-17)23-22(25)21-16(3)19-10-7-8-11-20(19)24(21)5-2/h7-8,10-15H,4-6,9H2,1-3H3,(H,23,25). The molecule has 3 rings (SSSR count). The summed E-state index contributed by atoms with van der Waals surface area (Å²) in [4.78, 5) is 12.9. The maximum atomic E-state index is 12.9. The Bertz CT molecular complexity index is 875. The molecule has 1 N–H and O–H groups in total. The first kappa shape index (κ1) is 17.3. The van der Waals surface area contributed by atoms with Crippen molar-refractivity contribution in [2.45, 2.75) is 46.6 Å². The van der Waals surface area contributed by atoms with Crippen molar-refractivity contribution in [3.8, 4) is 0 Å². The molecule has 0 aliphatic heterocycles. The minimum Gasteiger partial charge on any atom is -0.337 e. The smallest absolute Gasteiger partial charge is 0.272 e. The zero-order chi connectivity index (χ0) is 17.8. The lowest BCUT2D eigenvalue weighted by Crippen LogP contribution is -2.17. The van der Waals surface area contributed by atoms with Gasteiger partial charge >= 0.3 is 0 Å². The van der Waals surface area contributed by atoms with Crippen LogP contribution < -0.4 is 5.32 Å². The number of carbonyl (C=O) groups is 1. The number of aromatic nitrogens is 1. The molecule has 0 spiro atoms. The van der Waals surface area contributed by atoms with Crippen molar-refractivity contribution in [1.29, 1.82) is 0 Å². The molecule has 1 amide bonds. The van der Waals surface area contributed by atoms with Gasteiger partial charge in [0.25, 0.3) is 5.91 Å². The van der Waals surface area contributed by atoms with Crippen molar-refractivity contribution < 1.29 is 4.79 Å². The van der Waals surface area contributed by atoms with Crippen LogP contribution in [0.5, 0.6) is 0 Å². The van der Waals surface area contributed by atoms with Crippen molar-refractivity contribution in [2.24, 2.45) is 0 Å². The minimum absolute atomic E-state index is 0.0446. The number of rotatable bonds is 6. The SMILES string of the molecule is CCCCc1ccc(NC(=O)c2c(C)c3ccccc3n2CC)cc1. The number of carbonyl (C=O) groups excluding carboxylic acids is 1. The number of hydrogen-bond acceptors (Lipinski definition) is 1. The molecule has 0 fully saturated rings. The van der Waals surface area contributed by atoms with E-state index in [1.165, 1.54) is 18.4 Å². The van der Waals surface area contributed by atoms with Gasteiger partial charge in [-0.1, -0.05) is 43.7 Å². The highest BCUT2D eigenvalue weighted by molar-refractivity contribution is 6.08. The van der Waals surface area contributed by atoms with Crippen molar-refractivity contribution >= 4 is 22.5 Å². The summed E-state index contributed by atoms with van der Waals surface area (Å²) in [5, 5.41) is 4.20. The van der Waals surface area contributed by atoms with Gasteiger partial charge in [0.2, 0.25) is 0 Å². The number of nitrogens with zero attached hydrogens (tertiary/aromatic N) is 1. The largest absolute Gasteiger partial charge is 0.337 e. The van der Waals surface area contributed by atoms with Crippen LogP contribution in [0.25, 0.3) is 10.9 Å². The Morgan fingerprint density at radius 1 is 1.04 bits per heavy atom. The first-order chi connectivity index (χ1) is 12.2. The van der Waals surface area contributed by atoms with E-state index in [1.54, 1.807) is 0 Å². The van der Waals surface area contributed by atoms with E-state index < -0.39 is 0 Å². The quantitative estimate of drug-likeness (QED) is 0.628. The average molecular weight is 334 g/mol. The van der Waals surface area contributed by atoms with Crippen molar-refractivity contribution in [2.75, 3.05) is 5.32 Å². The Hall–Kier alpha value is -2.55. The fourth-order valence-corrected chi connectivity index (χ4v) is 3.42. The molecule has 1 heterocycles. The number of nitrogens with one attached hydrogen (secondary N) is 1. The maximum absolute atomic E-state index is 12.9. The molecule has 1 aromatic heterocycles. The Labute approximate surface area is 149 Å². The van der Waals surface area contributed by atoms with E-state index in [1.807, 2.05) is 31.2 Å². The number of hydrogen-bond donors (Lipinski definition) is 1. The number of fused-ring (bicyclic) bond motifs is 1. The lowest BCUT2D eigenvalue weighted by atomic mass is 10.1. The van der Waals surface area contributed by atoms with Gasteiger partial charge in [0.05, 0.1) is 0 Å². The highest BCUT2D eigenvalue weighted by Crippen LogP contribution is 2.26. The van der Waals surface area contributed by atoms with Gasteiger partial charge in [0.15, 0.2) is 0 Å². The Kier molecular flexibility index (Phi) is 5.22. The fraction of sp³-hybridized carbons (Fsp3) is 0.318. The number of aryl methyl sites for hydroxylation is 3. The van der Waals surface area contributed by atoms with Gasteiger partial charge in [-0.3, -0.25) is 4.79 Å². The molecule has 0 unspecified atom stereocenters.